The molecule has 1 aliphatic heterocycles. The zero-order valence-electron chi connectivity index (χ0n) is 15.9. The Hall–Kier alpha value is -2.39. The predicted molar refractivity (Wildman–Crippen MR) is 106 cm³/mol. The number of aryl methyl sites for hydroxylation is 1. The van der Waals surface area contributed by atoms with Crippen LogP contribution in [0.5, 0.6) is 5.75 Å². The summed E-state index contributed by atoms with van der Waals surface area (Å²) in [5, 5.41) is 10.1. The molecular weight excluding hydrogens is 362 g/mol. The van der Waals surface area contributed by atoms with Crippen molar-refractivity contribution in [1.29, 1.82) is 0 Å². The lowest BCUT2D eigenvalue weighted by Crippen LogP contribution is -2.29. The number of nitrogens with two attached hydrogens (primary N) is 1. The first-order valence-corrected chi connectivity index (χ1v) is 9.82. The maximum Gasteiger partial charge on any atom is 0.223 e. The second kappa shape index (κ2) is 6.97. The van der Waals surface area contributed by atoms with E-state index in [0.717, 1.165) is 56.5 Å². The van der Waals surface area contributed by atoms with E-state index < -0.39 is 0 Å². The van der Waals surface area contributed by atoms with Gasteiger partial charge in [0.2, 0.25) is 5.95 Å². The highest BCUT2D eigenvalue weighted by Crippen LogP contribution is 2.34. The number of ether oxygens (including phenoxy) is 1. The molecule has 0 spiro atoms. The summed E-state index contributed by atoms with van der Waals surface area (Å²) in [6.45, 7) is 4.51. The molecule has 1 aliphatic rings. The van der Waals surface area contributed by atoms with Crippen LogP contribution >= 0.6 is 11.8 Å². The molecule has 0 saturated heterocycles. The zero-order valence-corrected chi connectivity index (χ0v) is 16.7. The normalized spacial score (nSPS) is 16.5. The first-order chi connectivity index (χ1) is 13.0. The molecule has 0 radical (unpaired) electrons. The summed E-state index contributed by atoms with van der Waals surface area (Å²) in [7, 11) is 3.66. The van der Waals surface area contributed by atoms with Crippen molar-refractivity contribution < 1.29 is 4.74 Å². The molecule has 4 heterocycles. The number of pyridine rings is 1. The van der Waals surface area contributed by atoms with Gasteiger partial charge in [0, 0.05) is 35.5 Å². The van der Waals surface area contributed by atoms with Gasteiger partial charge in [0.05, 0.1) is 30.4 Å². The van der Waals surface area contributed by atoms with E-state index in [0.29, 0.717) is 12.6 Å². The lowest BCUT2D eigenvalue weighted by atomic mass is 10.1. The lowest BCUT2D eigenvalue weighted by Gasteiger charge is -2.13. The number of nitrogens with zero attached hydrogens (tertiary/aromatic N) is 5. The SMILES string of the molecule is CNC1CSc2nc(N)nc3c2c(nn3Cc2ncc(C)c(OC)c2C)C1. The monoisotopic (exact) mass is 385 g/mol. The van der Waals surface area contributed by atoms with Gasteiger partial charge in [0.25, 0.3) is 0 Å². The summed E-state index contributed by atoms with van der Waals surface area (Å²) in [5.74, 6) is 2.05. The number of anilines is 1. The second-order valence-electron chi connectivity index (χ2n) is 6.74. The molecule has 0 saturated carbocycles. The standard InChI is InChI=1S/C18H23N7OS/c1-9-6-21-13(10(2)15(9)26-4)7-25-16-14-12(24-25)5-11(20-3)8-27-17(14)23-18(19)22-16/h6,11,20H,5,7-8H2,1-4H3,(H2,19,22,23). The summed E-state index contributed by atoms with van der Waals surface area (Å²) in [4.78, 5) is 13.5. The number of rotatable bonds is 4. The first-order valence-electron chi connectivity index (χ1n) is 8.83. The Morgan fingerprint density at radius 3 is 2.93 bits per heavy atom. The van der Waals surface area contributed by atoms with Gasteiger partial charge in [0.1, 0.15) is 10.8 Å². The molecule has 0 aliphatic carbocycles. The molecule has 27 heavy (non-hydrogen) atoms. The number of aromatic nitrogens is 5. The molecule has 142 valence electrons. The Labute approximate surface area is 161 Å². The molecule has 8 nitrogen and oxygen atoms in total. The van der Waals surface area contributed by atoms with Gasteiger partial charge >= 0.3 is 0 Å². The van der Waals surface area contributed by atoms with Gasteiger partial charge in [-0.2, -0.15) is 10.1 Å². The summed E-state index contributed by atoms with van der Waals surface area (Å²) in [6, 6.07) is 0.330. The molecule has 0 fully saturated rings. The minimum Gasteiger partial charge on any atom is -0.496 e. The van der Waals surface area contributed by atoms with E-state index in [1.165, 1.54) is 0 Å². The van der Waals surface area contributed by atoms with Crippen LogP contribution in [-0.4, -0.2) is 50.7 Å². The maximum atomic E-state index is 5.98. The number of likely N-dealkylation sites (N-methyl/N-ethyl adjacent to an activating group) is 1. The molecule has 3 aromatic rings. The Bertz CT molecular complexity index is 1020. The highest BCUT2D eigenvalue weighted by atomic mass is 32.2. The van der Waals surface area contributed by atoms with E-state index in [4.69, 9.17) is 15.6 Å². The molecule has 4 rings (SSSR count). The third-order valence-electron chi connectivity index (χ3n) is 4.97. The van der Waals surface area contributed by atoms with Crippen LogP contribution in [0.4, 0.5) is 5.95 Å². The Kier molecular flexibility index (Phi) is 4.65. The molecule has 1 atom stereocenters. The fourth-order valence-electron chi connectivity index (χ4n) is 3.51. The summed E-state index contributed by atoms with van der Waals surface area (Å²) < 4.78 is 7.42. The van der Waals surface area contributed by atoms with Crippen molar-refractivity contribution in [3.63, 3.8) is 0 Å². The van der Waals surface area contributed by atoms with E-state index >= 15 is 0 Å². The highest BCUT2D eigenvalue weighted by molar-refractivity contribution is 7.99. The number of hydrogen-bond acceptors (Lipinski definition) is 8. The van der Waals surface area contributed by atoms with Crippen molar-refractivity contribution in [2.45, 2.75) is 37.9 Å². The molecule has 0 aromatic carbocycles. The number of nitrogens with one attached hydrogen (secondary N) is 1. The van der Waals surface area contributed by atoms with Crippen molar-refractivity contribution in [1.82, 2.24) is 30.0 Å². The van der Waals surface area contributed by atoms with Crippen LogP contribution < -0.4 is 15.8 Å². The minimum absolute atomic E-state index is 0.270. The van der Waals surface area contributed by atoms with Gasteiger partial charge in [-0.15, -0.1) is 11.8 Å². The van der Waals surface area contributed by atoms with Crippen molar-refractivity contribution in [3.8, 4) is 5.75 Å². The quantitative estimate of drug-likeness (QED) is 0.654. The van der Waals surface area contributed by atoms with E-state index in [9.17, 15) is 0 Å². The van der Waals surface area contributed by atoms with Gasteiger partial charge in [-0.25, -0.2) is 9.67 Å². The molecule has 3 N–H and O–H groups in total. The Morgan fingerprint density at radius 2 is 2.19 bits per heavy atom. The van der Waals surface area contributed by atoms with Crippen LogP contribution in [0.25, 0.3) is 11.0 Å². The fraction of sp³-hybridized carbons (Fsp3) is 0.444. The maximum absolute atomic E-state index is 5.98. The molecular formula is C18H23N7OS. The summed E-state index contributed by atoms with van der Waals surface area (Å²) in [5.41, 5.74) is 10.7. The van der Waals surface area contributed by atoms with Gasteiger partial charge in [-0.05, 0) is 20.9 Å². The van der Waals surface area contributed by atoms with Crippen molar-refractivity contribution in [3.05, 3.63) is 28.7 Å². The molecule has 0 amide bonds. The van der Waals surface area contributed by atoms with Gasteiger partial charge in [-0.1, -0.05) is 0 Å². The predicted octanol–water partition coefficient (Wildman–Crippen LogP) is 1.71. The molecule has 9 heteroatoms. The molecule has 3 aromatic heterocycles. The molecule has 0 bridgehead atoms. The topological polar surface area (TPSA) is 104 Å². The van der Waals surface area contributed by atoms with E-state index in [-0.39, 0.29) is 5.95 Å². The first kappa shape index (κ1) is 18.0. The third kappa shape index (κ3) is 3.10. The van der Waals surface area contributed by atoms with Crippen LogP contribution in [0.15, 0.2) is 11.2 Å². The largest absolute Gasteiger partial charge is 0.496 e. The van der Waals surface area contributed by atoms with Crippen LogP contribution in [0.1, 0.15) is 22.5 Å². The van der Waals surface area contributed by atoms with Gasteiger partial charge < -0.3 is 15.8 Å². The summed E-state index contributed by atoms with van der Waals surface area (Å²) >= 11 is 1.70. The van der Waals surface area contributed by atoms with E-state index in [1.54, 1.807) is 18.9 Å². The van der Waals surface area contributed by atoms with Crippen molar-refractivity contribution >= 4 is 28.7 Å². The summed E-state index contributed by atoms with van der Waals surface area (Å²) in [6.07, 6.45) is 2.66. The van der Waals surface area contributed by atoms with Crippen LogP contribution in [0.3, 0.4) is 0 Å². The number of methoxy groups -OCH3 is 1. The van der Waals surface area contributed by atoms with E-state index in [2.05, 4.69) is 20.3 Å². The third-order valence-corrected chi connectivity index (χ3v) is 6.10. The fourth-order valence-corrected chi connectivity index (χ4v) is 4.67. The zero-order chi connectivity index (χ0) is 19.1. The average Bonchev–Trinajstić information content (AvgIpc) is 2.87. The van der Waals surface area contributed by atoms with E-state index in [1.807, 2.05) is 31.8 Å². The lowest BCUT2D eigenvalue weighted by molar-refractivity contribution is 0.406. The number of nitrogen functional groups attached to an aromatic ring is 1. The van der Waals surface area contributed by atoms with Gasteiger partial charge in [0.15, 0.2) is 5.65 Å². The van der Waals surface area contributed by atoms with Crippen molar-refractivity contribution in [2.75, 3.05) is 25.6 Å². The highest BCUT2D eigenvalue weighted by Gasteiger charge is 2.25. The number of hydrogen-bond donors (Lipinski definition) is 2. The Balaban J connectivity index is 1.83. The molecule has 1 unspecified atom stereocenters. The Morgan fingerprint density at radius 1 is 1.37 bits per heavy atom. The van der Waals surface area contributed by atoms with Gasteiger partial charge in [-0.3, -0.25) is 4.98 Å². The van der Waals surface area contributed by atoms with Crippen molar-refractivity contribution in [2.24, 2.45) is 0 Å². The van der Waals surface area contributed by atoms with Crippen LogP contribution in [0.2, 0.25) is 0 Å². The number of thioether (sulfide) groups is 1. The minimum atomic E-state index is 0.270. The smallest absolute Gasteiger partial charge is 0.223 e. The van der Waals surface area contributed by atoms with Crippen LogP contribution in [-0.2, 0) is 13.0 Å². The second-order valence-corrected chi connectivity index (χ2v) is 7.75. The van der Waals surface area contributed by atoms with Crippen LogP contribution in [0, 0.1) is 13.8 Å². The average molecular weight is 385 g/mol.